The molecule has 0 saturated carbocycles. The largest absolute Gasteiger partial charge is 0.362 e. The molecule has 4 heteroatoms. The van der Waals surface area contributed by atoms with E-state index in [0.29, 0.717) is 5.11 Å². The minimum absolute atomic E-state index is 0.682. The normalized spacial score (nSPS) is 10.8. The zero-order valence-electron chi connectivity index (χ0n) is 14.2. The fraction of sp³-hybridized carbons (Fsp3) is 0.250. The Labute approximate surface area is 148 Å². The minimum atomic E-state index is 0.682. The van der Waals surface area contributed by atoms with Gasteiger partial charge < -0.3 is 15.2 Å². The fourth-order valence-corrected chi connectivity index (χ4v) is 3.04. The standard InChI is InChI=1S/C20H23N3S/c1-15-8-9-16(2)18(14-15)22-20(24)21-11-5-12-23-13-10-17-6-3-4-7-19(17)23/h3-4,6-10,13-14H,5,11-12H2,1-2H3,(H2,21,22,24). The van der Waals surface area contributed by atoms with Crippen LogP contribution in [0.5, 0.6) is 0 Å². The van der Waals surface area contributed by atoms with Gasteiger partial charge in [-0.1, -0.05) is 30.3 Å². The Hall–Kier alpha value is -2.33. The zero-order chi connectivity index (χ0) is 16.9. The van der Waals surface area contributed by atoms with Crippen molar-refractivity contribution >= 4 is 33.9 Å². The van der Waals surface area contributed by atoms with Gasteiger partial charge >= 0.3 is 0 Å². The van der Waals surface area contributed by atoms with Gasteiger partial charge in [0.1, 0.15) is 0 Å². The molecule has 124 valence electrons. The van der Waals surface area contributed by atoms with Crippen molar-refractivity contribution in [3.05, 3.63) is 65.9 Å². The molecule has 24 heavy (non-hydrogen) atoms. The van der Waals surface area contributed by atoms with Crippen molar-refractivity contribution in [2.24, 2.45) is 0 Å². The van der Waals surface area contributed by atoms with Crippen LogP contribution in [0.2, 0.25) is 0 Å². The number of rotatable bonds is 5. The molecule has 0 aliphatic rings. The monoisotopic (exact) mass is 337 g/mol. The Morgan fingerprint density at radius 1 is 1.08 bits per heavy atom. The van der Waals surface area contributed by atoms with Crippen LogP contribution < -0.4 is 10.6 Å². The van der Waals surface area contributed by atoms with Gasteiger partial charge in [-0.25, -0.2) is 0 Å². The number of hydrogen-bond donors (Lipinski definition) is 2. The Morgan fingerprint density at radius 3 is 2.79 bits per heavy atom. The van der Waals surface area contributed by atoms with Crippen LogP contribution >= 0.6 is 12.2 Å². The average molecular weight is 337 g/mol. The van der Waals surface area contributed by atoms with E-state index in [-0.39, 0.29) is 0 Å². The lowest BCUT2D eigenvalue weighted by Crippen LogP contribution is -2.30. The first kappa shape index (κ1) is 16.5. The number of nitrogens with zero attached hydrogens (tertiary/aromatic N) is 1. The van der Waals surface area contributed by atoms with Crippen LogP contribution in [0, 0.1) is 13.8 Å². The first-order valence-corrected chi connectivity index (χ1v) is 8.70. The van der Waals surface area contributed by atoms with Crippen LogP contribution in [0.1, 0.15) is 17.5 Å². The molecular formula is C20H23N3S. The summed E-state index contributed by atoms with van der Waals surface area (Å²) in [6.45, 7) is 6.00. The predicted octanol–water partition coefficient (Wildman–Crippen LogP) is 4.63. The highest BCUT2D eigenvalue weighted by molar-refractivity contribution is 7.80. The molecule has 0 atom stereocenters. The molecule has 0 unspecified atom stereocenters. The van der Waals surface area contributed by atoms with E-state index in [1.54, 1.807) is 0 Å². The summed E-state index contributed by atoms with van der Waals surface area (Å²) >= 11 is 5.40. The lowest BCUT2D eigenvalue weighted by Gasteiger charge is -2.13. The zero-order valence-corrected chi connectivity index (χ0v) is 15.0. The third-order valence-electron chi connectivity index (χ3n) is 4.18. The number of thiocarbonyl (C=S) groups is 1. The summed E-state index contributed by atoms with van der Waals surface area (Å²) in [7, 11) is 0. The summed E-state index contributed by atoms with van der Waals surface area (Å²) in [5.41, 5.74) is 4.78. The van der Waals surface area contributed by atoms with Gasteiger partial charge in [0, 0.05) is 30.5 Å². The number of para-hydroxylation sites is 1. The van der Waals surface area contributed by atoms with E-state index in [1.807, 2.05) is 0 Å². The van der Waals surface area contributed by atoms with Crippen LogP contribution in [0.15, 0.2) is 54.7 Å². The van der Waals surface area contributed by atoms with Crippen molar-refractivity contribution in [1.29, 1.82) is 0 Å². The second kappa shape index (κ2) is 7.49. The number of nitrogens with one attached hydrogen (secondary N) is 2. The smallest absolute Gasteiger partial charge is 0.170 e. The molecule has 0 amide bonds. The molecule has 1 aromatic heterocycles. The van der Waals surface area contributed by atoms with Crippen molar-refractivity contribution in [3.8, 4) is 0 Å². The van der Waals surface area contributed by atoms with E-state index in [1.165, 1.54) is 22.0 Å². The van der Waals surface area contributed by atoms with Gasteiger partial charge in [-0.2, -0.15) is 0 Å². The topological polar surface area (TPSA) is 29.0 Å². The Balaban J connectivity index is 1.48. The second-order valence-corrected chi connectivity index (χ2v) is 6.53. The summed E-state index contributed by atoms with van der Waals surface area (Å²) in [6, 6.07) is 17.0. The van der Waals surface area contributed by atoms with Crippen LogP contribution in [0.3, 0.4) is 0 Å². The maximum Gasteiger partial charge on any atom is 0.170 e. The molecule has 3 nitrogen and oxygen atoms in total. The quantitative estimate of drug-likeness (QED) is 0.525. The average Bonchev–Trinajstić information content (AvgIpc) is 2.98. The highest BCUT2D eigenvalue weighted by Crippen LogP contribution is 2.16. The number of anilines is 1. The highest BCUT2D eigenvalue weighted by Gasteiger charge is 2.02. The second-order valence-electron chi connectivity index (χ2n) is 6.12. The van der Waals surface area contributed by atoms with E-state index in [0.717, 1.165) is 25.2 Å². The maximum atomic E-state index is 5.40. The number of benzene rings is 2. The lowest BCUT2D eigenvalue weighted by atomic mass is 10.1. The van der Waals surface area contributed by atoms with Gasteiger partial charge in [0.2, 0.25) is 0 Å². The molecule has 0 saturated heterocycles. The number of hydrogen-bond acceptors (Lipinski definition) is 1. The fourth-order valence-electron chi connectivity index (χ4n) is 2.82. The summed E-state index contributed by atoms with van der Waals surface area (Å²) < 4.78 is 2.29. The Morgan fingerprint density at radius 2 is 1.92 bits per heavy atom. The van der Waals surface area contributed by atoms with Crippen molar-refractivity contribution < 1.29 is 0 Å². The van der Waals surface area contributed by atoms with Gasteiger partial charge in [0.25, 0.3) is 0 Å². The van der Waals surface area contributed by atoms with Gasteiger partial charge in [-0.3, -0.25) is 0 Å². The van der Waals surface area contributed by atoms with Gasteiger partial charge in [-0.05, 0) is 67.2 Å². The van der Waals surface area contributed by atoms with Crippen molar-refractivity contribution in [3.63, 3.8) is 0 Å². The molecule has 1 heterocycles. The van der Waals surface area contributed by atoms with Crippen molar-refractivity contribution in [2.75, 3.05) is 11.9 Å². The third kappa shape index (κ3) is 3.95. The number of fused-ring (bicyclic) bond motifs is 1. The van der Waals surface area contributed by atoms with Gasteiger partial charge in [0.05, 0.1) is 0 Å². The SMILES string of the molecule is Cc1ccc(C)c(NC(=S)NCCCn2ccc3ccccc32)c1. The molecule has 0 radical (unpaired) electrons. The minimum Gasteiger partial charge on any atom is -0.362 e. The summed E-state index contributed by atoms with van der Waals surface area (Å²) in [4.78, 5) is 0. The molecule has 0 fully saturated rings. The molecular weight excluding hydrogens is 314 g/mol. The summed E-state index contributed by atoms with van der Waals surface area (Å²) in [6.07, 6.45) is 3.17. The van der Waals surface area contributed by atoms with E-state index >= 15 is 0 Å². The van der Waals surface area contributed by atoms with Crippen LogP contribution in [-0.4, -0.2) is 16.2 Å². The van der Waals surface area contributed by atoms with Gasteiger partial charge in [0.15, 0.2) is 5.11 Å². The summed E-state index contributed by atoms with van der Waals surface area (Å²) in [5, 5.41) is 8.55. The Kier molecular flexibility index (Phi) is 5.16. The van der Waals surface area contributed by atoms with Crippen molar-refractivity contribution in [2.45, 2.75) is 26.8 Å². The molecule has 3 aromatic rings. The van der Waals surface area contributed by atoms with E-state index in [2.05, 4.69) is 83.8 Å². The summed E-state index contributed by atoms with van der Waals surface area (Å²) in [5.74, 6) is 0. The third-order valence-corrected chi connectivity index (χ3v) is 4.43. The molecule has 0 aliphatic heterocycles. The molecule has 0 bridgehead atoms. The first-order chi connectivity index (χ1) is 11.6. The number of aryl methyl sites for hydroxylation is 3. The molecule has 3 rings (SSSR count). The highest BCUT2D eigenvalue weighted by atomic mass is 32.1. The van der Waals surface area contributed by atoms with Gasteiger partial charge in [-0.15, -0.1) is 0 Å². The van der Waals surface area contributed by atoms with Crippen molar-refractivity contribution in [1.82, 2.24) is 9.88 Å². The van der Waals surface area contributed by atoms with Crippen LogP contribution in [-0.2, 0) is 6.54 Å². The maximum absolute atomic E-state index is 5.40. The molecule has 2 N–H and O–H groups in total. The first-order valence-electron chi connectivity index (χ1n) is 8.29. The Bertz CT molecular complexity index is 851. The van der Waals surface area contributed by atoms with E-state index in [4.69, 9.17) is 12.2 Å². The van der Waals surface area contributed by atoms with E-state index in [9.17, 15) is 0 Å². The lowest BCUT2D eigenvalue weighted by molar-refractivity contribution is 0.649. The number of aromatic nitrogens is 1. The predicted molar refractivity (Wildman–Crippen MR) is 107 cm³/mol. The van der Waals surface area contributed by atoms with Crippen LogP contribution in [0.25, 0.3) is 10.9 Å². The molecule has 0 spiro atoms. The molecule has 0 aliphatic carbocycles. The van der Waals surface area contributed by atoms with E-state index < -0.39 is 0 Å². The van der Waals surface area contributed by atoms with Crippen LogP contribution in [0.4, 0.5) is 5.69 Å². The molecule has 2 aromatic carbocycles.